The summed E-state index contributed by atoms with van der Waals surface area (Å²) in [4.78, 5) is 16.5. The Bertz CT molecular complexity index is 652. The first-order valence-electron chi connectivity index (χ1n) is 6.93. The summed E-state index contributed by atoms with van der Waals surface area (Å²) in [6.45, 7) is 6.51. The topological polar surface area (TPSA) is 46.9 Å². The van der Waals surface area contributed by atoms with E-state index in [0.717, 1.165) is 40.5 Å². The lowest BCUT2D eigenvalue weighted by molar-refractivity contribution is -0.121. The second-order valence-electron chi connectivity index (χ2n) is 5.46. The molecule has 0 aliphatic heterocycles. The van der Waals surface area contributed by atoms with Crippen molar-refractivity contribution in [2.75, 3.05) is 0 Å². The average molecular weight is 289 g/mol. The third kappa shape index (κ3) is 2.63. The first-order chi connectivity index (χ1) is 9.54. The second-order valence-corrected chi connectivity index (χ2v) is 6.53. The molecule has 2 aromatic heterocycles. The molecule has 106 valence electrons. The number of aryl methyl sites for hydroxylation is 2. The number of amides is 1. The van der Waals surface area contributed by atoms with Gasteiger partial charge in [0, 0.05) is 28.4 Å². The van der Waals surface area contributed by atoms with Crippen LogP contribution in [0.25, 0.3) is 11.3 Å². The molecule has 1 aliphatic rings. The summed E-state index contributed by atoms with van der Waals surface area (Å²) in [5.74, 6) is 0.107. The van der Waals surface area contributed by atoms with Gasteiger partial charge in [0.2, 0.25) is 5.91 Å². The first kappa shape index (κ1) is 13.4. The largest absolute Gasteiger partial charge is 0.352 e. The highest BCUT2D eigenvalue weighted by molar-refractivity contribution is 7.09. The summed E-state index contributed by atoms with van der Waals surface area (Å²) in [6.07, 6.45) is 2.25. The summed E-state index contributed by atoms with van der Waals surface area (Å²) in [5, 5.41) is 6.18. The van der Waals surface area contributed by atoms with E-state index in [-0.39, 0.29) is 5.91 Å². The number of hydrogen-bond acceptors (Lipinski definition) is 3. The van der Waals surface area contributed by atoms with Crippen LogP contribution in [0.3, 0.4) is 0 Å². The zero-order chi connectivity index (χ0) is 14.3. The van der Waals surface area contributed by atoms with Crippen LogP contribution in [0.5, 0.6) is 0 Å². The highest BCUT2D eigenvalue weighted by Gasteiger charge is 2.24. The molecule has 3 rings (SSSR count). The van der Waals surface area contributed by atoms with Gasteiger partial charge in [-0.25, -0.2) is 4.98 Å². The molecule has 20 heavy (non-hydrogen) atoms. The van der Waals surface area contributed by atoms with Crippen molar-refractivity contribution in [2.24, 2.45) is 0 Å². The standard InChI is InChI=1S/C15H19N3OS/c1-9-6-13(14-8-20-11(3)16-14)10(2)18(9)7-15(19)17-12-4-5-12/h6,8,12H,4-5,7H2,1-3H3,(H,17,19). The van der Waals surface area contributed by atoms with Gasteiger partial charge in [0.25, 0.3) is 0 Å². The van der Waals surface area contributed by atoms with Gasteiger partial charge in [-0.3, -0.25) is 4.79 Å². The Kier molecular flexibility index (Phi) is 3.38. The van der Waals surface area contributed by atoms with Crippen molar-refractivity contribution in [1.29, 1.82) is 0 Å². The van der Waals surface area contributed by atoms with Crippen molar-refractivity contribution < 1.29 is 4.79 Å². The van der Waals surface area contributed by atoms with Crippen LogP contribution >= 0.6 is 11.3 Å². The fourth-order valence-corrected chi connectivity index (χ4v) is 3.05. The molecule has 1 saturated carbocycles. The molecule has 0 spiro atoms. The Balaban J connectivity index is 1.84. The van der Waals surface area contributed by atoms with E-state index >= 15 is 0 Å². The van der Waals surface area contributed by atoms with Crippen molar-refractivity contribution in [3.63, 3.8) is 0 Å². The molecule has 1 aliphatic carbocycles. The fourth-order valence-electron chi connectivity index (χ4n) is 2.44. The minimum absolute atomic E-state index is 0.107. The molecule has 0 aromatic carbocycles. The van der Waals surface area contributed by atoms with E-state index in [2.05, 4.69) is 33.2 Å². The quantitative estimate of drug-likeness (QED) is 0.941. The lowest BCUT2D eigenvalue weighted by Gasteiger charge is -2.09. The third-order valence-corrected chi connectivity index (χ3v) is 4.49. The molecule has 0 radical (unpaired) electrons. The average Bonchev–Trinajstić information content (AvgIpc) is 3.04. The Labute approximate surface area is 122 Å². The van der Waals surface area contributed by atoms with E-state index in [1.165, 1.54) is 0 Å². The first-order valence-corrected chi connectivity index (χ1v) is 7.81. The maximum Gasteiger partial charge on any atom is 0.240 e. The van der Waals surface area contributed by atoms with Crippen LogP contribution in [0.15, 0.2) is 11.4 Å². The van der Waals surface area contributed by atoms with Gasteiger partial charge in [0.15, 0.2) is 0 Å². The van der Waals surface area contributed by atoms with Crippen LogP contribution in [0.2, 0.25) is 0 Å². The van der Waals surface area contributed by atoms with E-state index in [4.69, 9.17) is 0 Å². The normalized spacial score (nSPS) is 14.6. The van der Waals surface area contributed by atoms with Crippen LogP contribution in [0, 0.1) is 20.8 Å². The van der Waals surface area contributed by atoms with Crippen LogP contribution in [0.4, 0.5) is 0 Å². The van der Waals surface area contributed by atoms with Crippen LogP contribution in [-0.2, 0) is 11.3 Å². The molecular weight excluding hydrogens is 270 g/mol. The maximum atomic E-state index is 12.0. The van der Waals surface area contributed by atoms with E-state index < -0.39 is 0 Å². The minimum Gasteiger partial charge on any atom is -0.352 e. The SMILES string of the molecule is Cc1nc(-c2cc(C)n(CC(=O)NC3CC3)c2C)cs1. The van der Waals surface area contributed by atoms with E-state index in [0.29, 0.717) is 12.6 Å². The molecule has 0 bridgehead atoms. The number of aromatic nitrogens is 2. The second kappa shape index (κ2) is 5.05. The van der Waals surface area contributed by atoms with Gasteiger partial charge >= 0.3 is 0 Å². The maximum absolute atomic E-state index is 12.0. The van der Waals surface area contributed by atoms with Crippen molar-refractivity contribution in [3.8, 4) is 11.3 Å². The Morgan fingerprint density at radius 2 is 2.20 bits per heavy atom. The van der Waals surface area contributed by atoms with Gasteiger partial charge in [-0.2, -0.15) is 0 Å². The molecule has 0 atom stereocenters. The van der Waals surface area contributed by atoms with Crippen LogP contribution in [-0.4, -0.2) is 21.5 Å². The highest BCUT2D eigenvalue weighted by atomic mass is 32.1. The molecule has 0 saturated heterocycles. The van der Waals surface area contributed by atoms with Crippen LogP contribution < -0.4 is 5.32 Å². The van der Waals surface area contributed by atoms with E-state index in [9.17, 15) is 4.79 Å². The molecular formula is C15H19N3OS. The summed E-state index contributed by atoms with van der Waals surface area (Å²) >= 11 is 1.65. The highest BCUT2D eigenvalue weighted by Crippen LogP contribution is 2.28. The van der Waals surface area contributed by atoms with Gasteiger partial charge < -0.3 is 9.88 Å². The Morgan fingerprint density at radius 3 is 2.80 bits per heavy atom. The summed E-state index contributed by atoms with van der Waals surface area (Å²) in [7, 11) is 0. The minimum atomic E-state index is 0.107. The van der Waals surface area contributed by atoms with Crippen LogP contribution in [0.1, 0.15) is 29.2 Å². The molecule has 1 fully saturated rings. The summed E-state index contributed by atoms with van der Waals surface area (Å²) in [6, 6.07) is 2.54. The number of carbonyl (C=O) groups is 1. The number of hydrogen-bond donors (Lipinski definition) is 1. The lowest BCUT2D eigenvalue weighted by atomic mass is 10.2. The monoisotopic (exact) mass is 289 g/mol. The molecule has 1 amide bonds. The molecule has 0 unspecified atom stereocenters. The summed E-state index contributed by atoms with van der Waals surface area (Å²) in [5.41, 5.74) is 4.35. The Hall–Kier alpha value is -1.62. The molecule has 4 nitrogen and oxygen atoms in total. The van der Waals surface area contributed by atoms with Gasteiger partial charge in [-0.15, -0.1) is 11.3 Å². The molecule has 5 heteroatoms. The van der Waals surface area contributed by atoms with Gasteiger partial charge in [-0.1, -0.05) is 0 Å². The van der Waals surface area contributed by atoms with E-state index in [1.54, 1.807) is 11.3 Å². The zero-order valence-corrected chi connectivity index (χ0v) is 12.9. The van der Waals surface area contributed by atoms with Gasteiger partial charge in [0.1, 0.15) is 6.54 Å². The lowest BCUT2D eigenvalue weighted by Crippen LogP contribution is -2.29. The van der Waals surface area contributed by atoms with E-state index in [1.807, 2.05) is 13.8 Å². The van der Waals surface area contributed by atoms with Gasteiger partial charge in [-0.05, 0) is 39.7 Å². The number of thiazole rings is 1. The predicted molar refractivity (Wildman–Crippen MR) is 80.9 cm³/mol. The number of carbonyl (C=O) groups excluding carboxylic acids is 1. The third-order valence-electron chi connectivity index (χ3n) is 3.71. The predicted octanol–water partition coefficient (Wildman–Crippen LogP) is 2.82. The molecule has 1 N–H and O–H groups in total. The smallest absolute Gasteiger partial charge is 0.240 e. The number of nitrogens with zero attached hydrogens (tertiary/aromatic N) is 2. The molecule has 2 aromatic rings. The number of rotatable bonds is 4. The van der Waals surface area contributed by atoms with Crippen molar-refractivity contribution >= 4 is 17.2 Å². The number of nitrogens with one attached hydrogen (secondary N) is 1. The van der Waals surface area contributed by atoms with Crippen molar-refractivity contribution in [3.05, 3.63) is 27.8 Å². The summed E-state index contributed by atoms with van der Waals surface area (Å²) < 4.78 is 2.07. The Morgan fingerprint density at radius 1 is 1.45 bits per heavy atom. The fraction of sp³-hybridized carbons (Fsp3) is 0.467. The van der Waals surface area contributed by atoms with Crippen molar-refractivity contribution in [1.82, 2.24) is 14.9 Å². The van der Waals surface area contributed by atoms with Crippen molar-refractivity contribution in [2.45, 2.75) is 46.2 Å². The molecule has 2 heterocycles. The zero-order valence-electron chi connectivity index (χ0n) is 12.1. The van der Waals surface area contributed by atoms with Gasteiger partial charge in [0.05, 0.1) is 10.7 Å².